The second-order valence-corrected chi connectivity index (χ2v) is 6.81. The second-order valence-electron chi connectivity index (χ2n) is 6.81. The first-order chi connectivity index (χ1) is 9.52. The van der Waals surface area contributed by atoms with Gasteiger partial charge in [-0.1, -0.05) is 45.1 Å². The zero-order valence-corrected chi connectivity index (χ0v) is 12.9. The number of hydrogen-bond acceptors (Lipinski definition) is 1. The monoisotopic (exact) mass is 267 g/mol. The minimum Gasteiger partial charge on any atom is -0.192 e. The lowest BCUT2D eigenvalue weighted by Crippen LogP contribution is -2.24. The lowest BCUT2D eigenvalue weighted by Gasteiger charge is -2.36. The molecule has 2 rings (SSSR count). The van der Waals surface area contributed by atoms with Gasteiger partial charge in [0.05, 0.1) is 11.6 Å². The standard InChI is InChI=1S/C19H25N/c1-15(2)18-8-11-19(3,12-9-18)10-7-16-5-4-6-17(13-16)14-20/h4-7,10,13,15,18H,8-9,11-12H2,1-3H3/b10-7+. The van der Waals surface area contributed by atoms with Gasteiger partial charge in [-0.15, -0.1) is 0 Å². The zero-order valence-electron chi connectivity index (χ0n) is 12.9. The van der Waals surface area contributed by atoms with Gasteiger partial charge < -0.3 is 0 Å². The number of allylic oxidation sites excluding steroid dienone is 1. The highest BCUT2D eigenvalue weighted by Gasteiger charge is 2.29. The third kappa shape index (κ3) is 3.73. The summed E-state index contributed by atoms with van der Waals surface area (Å²) in [6.45, 7) is 7.06. The van der Waals surface area contributed by atoms with Crippen LogP contribution in [0.4, 0.5) is 0 Å². The highest BCUT2D eigenvalue weighted by molar-refractivity contribution is 5.52. The SMILES string of the molecule is CC(C)C1CCC(C)(/C=C/c2cccc(C#N)c2)CC1. The molecule has 1 fully saturated rings. The van der Waals surface area contributed by atoms with Crippen molar-refractivity contribution in [3.8, 4) is 6.07 Å². The van der Waals surface area contributed by atoms with Crippen molar-refractivity contribution in [2.75, 3.05) is 0 Å². The van der Waals surface area contributed by atoms with E-state index in [4.69, 9.17) is 5.26 Å². The summed E-state index contributed by atoms with van der Waals surface area (Å²) in [4.78, 5) is 0. The molecular weight excluding hydrogens is 242 g/mol. The van der Waals surface area contributed by atoms with Gasteiger partial charge in [-0.05, 0) is 60.6 Å². The first-order valence-corrected chi connectivity index (χ1v) is 7.72. The van der Waals surface area contributed by atoms with Crippen molar-refractivity contribution in [2.45, 2.75) is 46.5 Å². The van der Waals surface area contributed by atoms with E-state index in [-0.39, 0.29) is 0 Å². The molecule has 20 heavy (non-hydrogen) atoms. The van der Waals surface area contributed by atoms with E-state index in [1.807, 2.05) is 18.2 Å². The third-order valence-corrected chi connectivity index (χ3v) is 4.81. The summed E-state index contributed by atoms with van der Waals surface area (Å²) in [5.41, 5.74) is 2.20. The molecule has 1 nitrogen and oxygen atoms in total. The van der Waals surface area contributed by atoms with Gasteiger partial charge in [0.25, 0.3) is 0 Å². The molecule has 0 atom stereocenters. The quantitative estimate of drug-likeness (QED) is 0.717. The van der Waals surface area contributed by atoms with E-state index in [1.54, 1.807) is 0 Å². The normalized spacial score (nSPS) is 26.9. The zero-order chi connectivity index (χ0) is 14.6. The first-order valence-electron chi connectivity index (χ1n) is 7.72. The minimum atomic E-state index is 0.327. The lowest BCUT2D eigenvalue weighted by atomic mass is 9.69. The van der Waals surface area contributed by atoms with Gasteiger partial charge in [0, 0.05) is 0 Å². The summed E-state index contributed by atoms with van der Waals surface area (Å²) in [7, 11) is 0. The van der Waals surface area contributed by atoms with Crippen LogP contribution in [0.2, 0.25) is 0 Å². The Morgan fingerprint density at radius 1 is 1.30 bits per heavy atom. The molecule has 0 amide bonds. The predicted molar refractivity (Wildman–Crippen MR) is 85.1 cm³/mol. The fraction of sp³-hybridized carbons (Fsp3) is 0.526. The Labute approximate surface area is 123 Å². The molecule has 1 saturated carbocycles. The van der Waals surface area contributed by atoms with Crippen molar-refractivity contribution in [1.29, 1.82) is 5.26 Å². The fourth-order valence-electron chi connectivity index (χ4n) is 3.14. The maximum atomic E-state index is 8.94. The molecule has 1 aliphatic carbocycles. The highest BCUT2D eigenvalue weighted by Crippen LogP contribution is 2.42. The molecule has 0 spiro atoms. The van der Waals surface area contributed by atoms with Crippen LogP contribution in [0.3, 0.4) is 0 Å². The van der Waals surface area contributed by atoms with Gasteiger partial charge in [0.2, 0.25) is 0 Å². The lowest BCUT2D eigenvalue weighted by molar-refractivity contribution is 0.185. The Morgan fingerprint density at radius 2 is 2.00 bits per heavy atom. The predicted octanol–water partition coefficient (Wildman–Crippen LogP) is 5.42. The third-order valence-electron chi connectivity index (χ3n) is 4.81. The molecule has 0 unspecified atom stereocenters. The molecule has 0 aromatic heterocycles. The summed E-state index contributed by atoms with van der Waals surface area (Å²) < 4.78 is 0. The van der Waals surface area contributed by atoms with Crippen molar-refractivity contribution in [1.82, 2.24) is 0 Å². The van der Waals surface area contributed by atoms with Crippen LogP contribution in [0.1, 0.15) is 57.6 Å². The topological polar surface area (TPSA) is 23.8 Å². The van der Waals surface area contributed by atoms with Gasteiger partial charge in [0.1, 0.15) is 0 Å². The van der Waals surface area contributed by atoms with E-state index in [0.717, 1.165) is 23.0 Å². The number of hydrogen-bond donors (Lipinski definition) is 0. The summed E-state index contributed by atoms with van der Waals surface area (Å²) in [6.07, 6.45) is 9.80. The van der Waals surface area contributed by atoms with Crippen LogP contribution in [0.25, 0.3) is 6.08 Å². The van der Waals surface area contributed by atoms with Crippen LogP contribution in [-0.4, -0.2) is 0 Å². The molecule has 1 heteroatoms. The van der Waals surface area contributed by atoms with Crippen molar-refractivity contribution in [3.63, 3.8) is 0 Å². The first kappa shape index (κ1) is 14.9. The van der Waals surface area contributed by atoms with E-state index in [1.165, 1.54) is 25.7 Å². The molecule has 0 heterocycles. The van der Waals surface area contributed by atoms with Crippen LogP contribution < -0.4 is 0 Å². The Hall–Kier alpha value is -1.55. The highest BCUT2D eigenvalue weighted by atomic mass is 14.3. The molecule has 0 aliphatic heterocycles. The summed E-state index contributed by atoms with van der Waals surface area (Å²) >= 11 is 0. The van der Waals surface area contributed by atoms with Crippen molar-refractivity contribution in [2.24, 2.45) is 17.3 Å². The molecular formula is C19H25N. The molecule has 0 radical (unpaired) electrons. The van der Waals surface area contributed by atoms with E-state index in [0.29, 0.717) is 5.41 Å². The number of rotatable bonds is 3. The Kier molecular flexibility index (Phi) is 4.65. The molecule has 0 saturated heterocycles. The summed E-state index contributed by atoms with van der Waals surface area (Å²) in [6, 6.07) is 10.0. The van der Waals surface area contributed by atoms with E-state index in [2.05, 4.69) is 45.1 Å². The largest absolute Gasteiger partial charge is 0.192 e. The van der Waals surface area contributed by atoms with E-state index >= 15 is 0 Å². The van der Waals surface area contributed by atoms with Crippen molar-refractivity contribution in [3.05, 3.63) is 41.5 Å². The average molecular weight is 267 g/mol. The summed E-state index contributed by atoms with van der Waals surface area (Å²) in [5.74, 6) is 1.72. The molecule has 1 aromatic rings. The molecule has 0 bridgehead atoms. The Bertz CT molecular complexity index is 511. The van der Waals surface area contributed by atoms with Gasteiger partial charge in [-0.3, -0.25) is 0 Å². The fourth-order valence-corrected chi connectivity index (χ4v) is 3.14. The molecule has 106 valence electrons. The van der Waals surface area contributed by atoms with Gasteiger partial charge in [0.15, 0.2) is 0 Å². The van der Waals surface area contributed by atoms with E-state index < -0.39 is 0 Å². The Morgan fingerprint density at radius 3 is 2.60 bits per heavy atom. The van der Waals surface area contributed by atoms with Crippen LogP contribution in [-0.2, 0) is 0 Å². The molecule has 0 N–H and O–H groups in total. The minimum absolute atomic E-state index is 0.327. The van der Waals surface area contributed by atoms with Crippen LogP contribution in [0, 0.1) is 28.6 Å². The summed E-state index contributed by atoms with van der Waals surface area (Å²) in [5, 5.41) is 8.94. The number of nitriles is 1. The van der Waals surface area contributed by atoms with Crippen LogP contribution >= 0.6 is 0 Å². The average Bonchev–Trinajstić information content (AvgIpc) is 2.46. The number of benzene rings is 1. The van der Waals surface area contributed by atoms with Crippen molar-refractivity contribution < 1.29 is 0 Å². The maximum absolute atomic E-state index is 8.94. The van der Waals surface area contributed by atoms with Crippen LogP contribution in [0.5, 0.6) is 0 Å². The van der Waals surface area contributed by atoms with Crippen molar-refractivity contribution >= 4 is 6.08 Å². The second kappa shape index (κ2) is 6.27. The molecule has 1 aromatic carbocycles. The van der Waals surface area contributed by atoms with Gasteiger partial charge in [-0.2, -0.15) is 5.26 Å². The maximum Gasteiger partial charge on any atom is 0.0991 e. The van der Waals surface area contributed by atoms with E-state index in [9.17, 15) is 0 Å². The number of nitrogens with zero attached hydrogens (tertiary/aromatic N) is 1. The molecule has 1 aliphatic rings. The van der Waals surface area contributed by atoms with Crippen LogP contribution in [0.15, 0.2) is 30.3 Å². The van der Waals surface area contributed by atoms with Gasteiger partial charge >= 0.3 is 0 Å². The smallest absolute Gasteiger partial charge is 0.0991 e. The van der Waals surface area contributed by atoms with Gasteiger partial charge in [-0.25, -0.2) is 0 Å². The Balaban J connectivity index is 2.02.